The van der Waals surface area contributed by atoms with Gasteiger partial charge in [0.2, 0.25) is 5.78 Å². The van der Waals surface area contributed by atoms with E-state index in [1.54, 1.807) is 13.3 Å². The van der Waals surface area contributed by atoms with Gasteiger partial charge in [0.05, 0.1) is 12.7 Å². The fraction of sp³-hybridized carbons (Fsp3) is 0.294. The quantitative estimate of drug-likeness (QED) is 0.800. The maximum atomic E-state index is 12.7. The molecule has 3 heteroatoms. The normalized spacial score (nSPS) is 10.4. The Balaban J connectivity index is 2.59. The van der Waals surface area contributed by atoms with Gasteiger partial charge in [-0.1, -0.05) is 12.1 Å². The summed E-state index contributed by atoms with van der Waals surface area (Å²) in [6, 6.07) is 5.83. The lowest BCUT2D eigenvalue weighted by atomic mass is 9.97. The number of rotatable bonds is 3. The summed E-state index contributed by atoms with van der Waals surface area (Å²) in [6.07, 6.45) is 1.72. The Morgan fingerprint density at radius 2 is 1.65 bits per heavy atom. The first-order chi connectivity index (χ1) is 9.43. The molecule has 1 aromatic heterocycles. The van der Waals surface area contributed by atoms with E-state index in [1.807, 2.05) is 45.9 Å². The summed E-state index contributed by atoms with van der Waals surface area (Å²) >= 11 is 0. The maximum absolute atomic E-state index is 12.7. The van der Waals surface area contributed by atoms with Gasteiger partial charge in [-0.05, 0) is 56.0 Å². The lowest BCUT2D eigenvalue weighted by Gasteiger charge is -2.13. The zero-order valence-electron chi connectivity index (χ0n) is 12.6. The van der Waals surface area contributed by atoms with Gasteiger partial charge in [0, 0.05) is 6.20 Å². The maximum Gasteiger partial charge on any atom is 0.215 e. The Labute approximate surface area is 119 Å². The topological polar surface area (TPSA) is 39.2 Å². The van der Waals surface area contributed by atoms with Crippen molar-refractivity contribution in [1.29, 1.82) is 0 Å². The molecule has 0 atom stereocenters. The first-order valence-corrected chi connectivity index (χ1v) is 6.57. The van der Waals surface area contributed by atoms with E-state index in [2.05, 4.69) is 4.98 Å². The summed E-state index contributed by atoms with van der Waals surface area (Å²) in [4.78, 5) is 17.0. The number of methoxy groups -OCH3 is 1. The van der Waals surface area contributed by atoms with Crippen LogP contribution >= 0.6 is 0 Å². The van der Waals surface area contributed by atoms with Crippen molar-refractivity contribution in [1.82, 2.24) is 4.98 Å². The number of ether oxygens (including phenoxy) is 1. The Kier molecular flexibility index (Phi) is 3.89. The predicted molar refractivity (Wildman–Crippen MR) is 79.6 cm³/mol. The molecule has 0 spiro atoms. The van der Waals surface area contributed by atoms with Gasteiger partial charge in [0.25, 0.3) is 0 Å². The van der Waals surface area contributed by atoms with Crippen molar-refractivity contribution in [2.24, 2.45) is 0 Å². The average Bonchev–Trinajstić information content (AvgIpc) is 2.37. The second-order valence-electron chi connectivity index (χ2n) is 5.17. The summed E-state index contributed by atoms with van der Waals surface area (Å²) in [7, 11) is 1.58. The number of pyridine rings is 1. The Hall–Kier alpha value is -2.16. The van der Waals surface area contributed by atoms with Crippen LogP contribution in [0, 0.1) is 27.7 Å². The van der Waals surface area contributed by atoms with Crippen LogP contribution in [0.3, 0.4) is 0 Å². The molecule has 0 bridgehead atoms. The molecule has 0 fully saturated rings. The van der Waals surface area contributed by atoms with Gasteiger partial charge in [-0.3, -0.25) is 9.78 Å². The number of nitrogens with zero attached hydrogens (tertiary/aromatic N) is 1. The zero-order chi connectivity index (χ0) is 14.9. The minimum atomic E-state index is -0.0862. The molecule has 0 aliphatic heterocycles. The molecule has 3 nitrogen and oxygen atoms in total. The summed E-state index contributed by atoms with van der Waals surface area (Å²) in [5, 5.41) is 0. The number of aryl methyl sites for hydroxylation is 4. The molecular weight excluding hydrogens is 250 g/mol. The fourth-order valence-corrected chi connectivity index (χ4v) is 2.45. The molecular formula is C17H19NO2. The number of carbonyl (C=O) groups is 1. The van der Waals surface area contributed by atoms with E-state index in [1.165, 1.54) is 0 Å². The summed E-state index contributed by atoms with van der Waals surface area (Å²) in [6.45, 7) is 7.78. The minimum absolute atomic E-state index is 0.0862. The zero-order valence-corrected chi connectivity index (χ0v) is 12.6. The molecule has 0 radical (unpaired) electrons. The molecule has 2 aromatic rings. The number of hydrogen-bond donors (Lipinski definition) is 0. The lowest BCUT2D eigenvalue weighted by Crippen LogP contribution is -2.10. The minimum Gasteiger partial charge on any atom is -0.496 e. The van der Waals surface area contributed by atoms with E-state index in [0.29, 0.717) is 17.0 Å². The van der Waals surface area contributed by atoms with Gasteiger partial charge in [0.15, 0.2) is 0 Å². The van der Waals surface area contributed by atoms with E-state index in [9.17, 15) is 4.79 Å². The highest BCUT2D eigenvalue weighted by Gasteiger charge is 2.20. The number of carbonyl (C=O) groups excluding carboxylic acids is 1. The predicted octanol–water partition coefficient (Wildman–Crippen LogP) is 3.55. The van der Waals surface area contributed by atoms with E-state index in [-0.39, 0.29) is 5.78 Å². The van der Waals surface area contributed by atoms with Crippen LogP contribution in [0.2, 0.25) is 0 Å². The van der Waals surface area contributed by atoms with Crippen molar-refractivity contribution in [2.75, 3.05) is 7.11 Å². The van der Waals surface area contributed by atoms with Crippen LogP contribution in [-0.2, 0) is 0 Å². The molecule has 0 aliphatic carbocycles. The van der Waals surface area contributed by atoms with E-state index < -0.39 is 0 Å². The van der Waals surface area contributed by atoms with Crippen LogP contribution in [0.4, 0.5) is 0 Å². The molecule has 1 aromatic carbocycles. The molecule has 20 heavy (non-hydrogen) atoms. The number of hydrogen-bond acceptors (Lipinski definition) is 3. The van der Waals surface area contributed by atoms with Crippen molar-refractivity contribution in [3.63, 3.8) is 0 Å². The third kappa shape index (κ3) is 2.57. The molecule has 2 rings (SSSR count). The molecule has 104 valence electrons. The third-order valence-corrected chi connectivity index (χ3v) is 3.32. The van der Waals surface area contributed by atoms with E-state index in [0.717, 1.165) is 22.3 Å². The van der Waals surface area contributed by atoms with Gasteiger partial charge in [-0.2, -0.15) is 0 Å². The molecule has 0 unspecified atom stereocenters. The van der Waals surface area contributed by atoms with Crippen molar-refractivity contribution in [3.8, 4) is 5.75 Å². The van der Waals surface area contributed by atoms with Gasteiger partial charge >= 0.3 is 0 Å². The summed E-state index contributed by atoms with van der Waals surface area (Å²) < 4.78 is 5.36. The van der Waals surface area contributed by atoms with Gasteiger partial charge in [0.1, 0.15) is 11.4 Å². The van der Waals surface area contributed by atoms with E-state index in [4.69, 9.17) is 4.74 Å². The van der Waals surface area contributed by atoms with Crippen LogP contribution < -0.4 is 4.74 Å². The van der Waals surface area contributed by atoms with Crippen LogP contribution in [0.15, 0.2) is 24.4 Å². The second kappa shape index (κ2) is 5.45. The first kappa shape index (κ1) is 14.3. The Morgan fingerprint density at radius 3 is 2.25 bits per heavy atom. The highest BCUT2D eigenvalue weighted by molar-refractivity contribution is 6.11. The van der Waals surface area contributed by atoms with Crippen molar-refractivity contribution < 1.29 is 9.53 Å². The number of benzene rings is 1. The van der Waals surface area contributed by atoms with Crippen molar-refractivity contribution >= 4 is 5.78 Å². The molecule has 0 saturated heterocycles. The molecule has 0 saturated carbocycles. The van der Waals surface area contributed by atoms with Gasteiger partial charge in [-0.25, -0.2) is 0 Å². The summed E-state index contributed by atoms with van der Waals surface area (Å²) in [5.74, 6) is 0.520. The summed E-state index contributed by atoms with van der Waals surface area (Å²) in [5.41, 5.74) is 5.00. The molecule has 0 aliphatic rings. The molecule has 1 heterocycles. The average molecular weight is 269 g/mol. The van der Waals surface area contributed by atoms with Crippen molar-refractivity contribution in [2.45, 2.75) is 27.7 Å². The van der Waals surface area contributed by atoms with Crippen molar-refractivity contribution in [3.05, 3.63) is 57.9 Å². The highest BCUT2D eigenvalue weighted by atomic mass is 16.5. The number of ketones is 1. The van der Waals surface area contributed by atoms with Gasteiger partial charge in [-0.15, -0.1) is 0 Å². The van der Waals surface area contributed by atoms with Crippen LogP contribution in [0.25, 0.3) is 0 Å². The fourth-order valence-electron chi connectivity index (χ4n) is 2.45. The Morgan fingerprint density at radius 1 is 1.00 bits per heavy atom. The largest absolute Gasteiger partial charge is 0.496 e. The van der Waals surface area contributed by atoms with Crippen LogP contribution in [-0.4, -0.2) is 17.9 Å². The third-order valence-electron chi connectivity index (χ3n) is 3.32. The monoisotopic (exact) mass is 269 g/mol. The SMILES string of the molecule is COc1cc(C)cc(C)c1C(=O)c1ncc(C)cc1C. The van der Waals surface area contributed by atoms with E-state index >= 15 is 0 Å². The number of aromatic nitrogens is 1. The Bertz CT molecular complexity index is 675. The van der Waals surface area contributed by atoms with Crippen LogP contribution in [0.5, 0.6) is 5.75 Å². The molecule has 0 N–H and O–H groups in total. The van der Waals surface area contributed by atoms with Gasteiger partial charge < -0.3 is 4.74 Å². The van der Waals surface area contributed by atoms with Crippen LogP contribution in [0.1, 0.15) is 38.3 Å². The first-order valence-electron chi connectivity index (χ1n) is 6.57. The molecule has 0 amide bonds. The standard InChI is InChI=1S/C17H19NO2/c1-10-6-12(3)15(14(8-10)20-5)17(19)16-13(4)7-11(2)9-18-16/h6-9H,1-5H3. The second-order valence-corrected chi connectivity index (χ2v) is 5.17. The lowest BCUT2D eigenvalue weighted by molar-refractivity contribution is 0.103. The highest BCUT2D eigenvalue weighted by Crippen LogP contribution is 2.27. The smallest absolute Gasteiger partial charge is 0.215 e.